The maximum atomic E-state index is 13.1. The zero-order chi connectivity index (χ0) is 26.5. The zero-order valence-corrected chi connectivity index (χ0v) is 21.0. The molecule has 5 rings (SSSR count). The fourth-order valence-electron chi connectivity index (χ4n) is 5.37. The fraction of sp³-hybridized carbons (Fsp3) is 0.300. The third-order valence-corrected chi connectivity index (χ3v) is 7.17. The highest BCUT2D eigenvalue weighted by Crippen LogP contribution is 2.44. The number of amides is 2. The highest BCUT2D eigenvalue weighted by Gasteiger charge is 2.35. The van der Waals surface area contributed by atoms with Crippen molar-refractivity contribution in [3.05, 3.63) is 95.6 Å². The molecule has 196 valence electrons. The summed E-state index contributed by atoms with van der Waals surface area (Å²) >= 11 is 0. The van der Waals surface area contributed by atoms with Crippen LogP contribution in [-0.4, -0.2) is 65.3 Å². The maximum Gasteiger partial charge on any atom is 0.410 e. The van der Waals surface area contributed by atoms with Gasteiger partial charge in [-0.3, -0.25) is 9.69 Å². The third-order valence-electron chi connectivity index (χ3n) is 7.17. The number of ether oxygens (including phenoxy) is 2. The van der Waals surface area contributed by atoms with Gasteiger partial charge in [0.1, 0.15) is 19.8 Å². The van der Waals surface area contributed by atoms with Gasteiger partial charge in [0.15, 0.2) is 0 Å². The molecule has 1 fully saturated rings. The Morgan fingerprint density at radius 2 is 1.50 bits per heavy atom. The van der Waals surface area contributed by atoms with E-state index in [1.807, 2.05) is 66.7 Å². The molecule has 38 heavy (non-hydrogen) atoms. The number of aliphatic carboxylic acids is 1. The van der Waals surface area contributed by atoms with E-state index < -0.39 is 24.7 Å². The molecule has 0 aromatic heterocycles. The molecule has 1 unspecified atom stereocenters. The van der Waals surface area contributed by atoms with Crippen LogP contribution in [0.4, 0.5) is 9.59 Å². The van der Waals surface area contributed by atoms with Crippen molar-refractivity contribution >= 4 is 18.2 Å². The van der Waals surface area contributed by atoms with Gasteiger partial charge in [0.05, 0.1) is 6.04 Å². The fourth-order valence-corrected chi connectivity index (χ4v) is 5.37. The second-order valence-corrected chi connectivity index (χ2v) is 9.61. The molecule has 0 bridgehead atoms. The molecule has 3 aromatic carbocycles. The van der Waals surface area contributed by atoms with Crippen LogP contribution in [0.1, 0.15) is 35.4 Å². The highest BCUT2D eigenvalue weighted by molar-refractivity contribution is 5.80. The van der Waals surface area contributed by atoms with Gasteiger partial charge in [-0.1, -0.05) is 78.9 Å². The predicted octanol–water partition coefficient (Wildman–Crippen LogP) is 5.12. The lowest BCUT2D eigenvalue weighted by molar-refractivity contribution is -0.138. The van der Waals surface area contributed by atoms with Crippen LogP contribution >= 0.6 is 0 Å². The van der Waals surface area contributed by atoms with Crippen molar-refractivity contribution in [1.82, 2.24) is 9.80 Å². The molecule has 8 nitrogen and oxygen atoms in total. The van der Waals surface area contributed by atoms with E-state index in [4.69, 9.17) is 9.47 Å². The van der Waals surface area contributed by atoms with Gasteiger partial charge in [-0.05, 0) is 40.7 Å². The number of carboxylic acids is 1. The number of fused-ring (bicyclic) bond motifs is 3. The van der Waals surface area contributed by atoms with Crippen molar-refractivity contribution in [2.24, 2.45) is 0 Å². The van der Waals surface area contributed by atoms with Crippen molar-refractivity contribution < 1.29 is 29.0 Å². The highest BCUT2D eigenvalue weighted by atomic mass is 16.6. The molecule has 1 heterocycles. The Bertz CT molecular complexity index is 1270. The first kappa shape index (κ1) is 25.3. The van der Waals surface area contributed by atoms with Gasteiger partial charge in [-0.15, -0.1) is 0 Å². The van der Waals surface area contributed by atoms with E-state index in [1.54, 1.807) is 4.90 Å². The average molecular weight is 515 g/mol. The Labute approximate surface area is 221 Å². The number of benzene rings is 3. The van der Waals surface area contributed by atoms with E-state index >= 15 is 0 Å². The molecule has 1 aliphatic heterocycles. The van der Waals surface area contributed by atoms with Gasteiger partial charge in [0.2, 0.25) is 0 Å². The summed E-state index contributed by atoms with van der Waals surface area (Å²) in [5, 5.41) is 9.48. The van der Waals surface area contributed by atoms with Gasteiger partial charge in [-0.2, -0.15) is 0 Å². The van der Waals surface area contributed by atoms with Crippen molar-refractivity contribution in [3.63, 3.8) is 0 Å². The summed E-state index contributed by atoms with van der Waals surface area (Å²) < 4.78 is 11.2. The normalized spacial score (nSPS) is 16.0. The smallest absolute Gasteiger partial charge is 0.410 e. The minimum absolute atomic E-state index is 0.0589. The van der Waals surface area contributed by atoms with E-state index in [2.05, 4.69) is 12.1 Å². The minimum Gasteiger partial charge on any atom is -0.480 e. The van der Waals surface area contributed by atoms with Crippen molar-refractivity contribution in [2.45, 2.75) is 31.4 Å². The molecule has 1 N–H and O–H groups in total. The molecule has 1 aliphatic carbocycles. The lowest BCUT2D eigenvalue weighted by atomic mass is 9.98. The number of carbonyl (C=O) groups excluding carboxylic acids is 2. The molecular formula is C30H30N2O6. The largest absolute Gasteiger partial charge is 0.480 e. The molecule has 3 aromatic rings. The van der Waals surface area contributed by atoms with Crippen molar-refractivity contribution in [2.75, 3.05) is 26.2 Å². The van der Waals surface area contributed by atoms with Gasteiger partial charge in [0, 0.05) is 19.0 Å². The van der Waals surface area contributed by atoms with E-state index in [-0.39, 0.29) is 31.7 Å². The molecule has 8 heteroatoms. The first-order chi connectivity index (χ1) is 18.5. The van der Waals surface area contributed by atoms with Gasteiger partial charge < -0.3 is 19.5 Å². The monoisotopic (exact) mass is 514 g/mol. The summed E-state index contributed by atoms with van der Waals surface area (Å²) in [5.41, 5.74) is 5.26. The molecule has 1 atom stereocenters. The SMILES string of the molecule is O=C(O)CN(CC1CCCN1C(=O)OCc1ccccc1)C(=O)OCC1c2ccccc2-c2ccccc21. The first-order valence-corrected chi connectivity index (χ1v) is 12.8. The standard InChI is InChI=1S/C30H30N2O6/c33-28(34)18-31(17-22-11-8-16-32(22)30(36)37-19-21-9-2-1-3-10-21)29(35)38-20-27-25-14-6-4-12-23(25)24-13-5-7-15-26(24)27/h1-7,9-10,12-15,22,27H,8,11,16-20H2,(H,33,34). The lowest BCUT2D eigenvalue weighted by Gasteiger charge is -2.29. The van der Waals surface area contributed by atoms with Crippen molar-refractivity contribution in [1.29, 1.82) is 0 Å². The Kier molecular flexibility index (Phi) is 7.58. The van der Waals surface area contributed by atoms with Crippen LogP contribution in [0, 0.1) is 0 Å². The lowest BCUT2D eigenvalue weighted by Crippen LogP contribution is -2.47. The van der Waals surface area contributed by atoms with Crippen LogP contribution in [0.2, 0.25) is 0 Å². The molecule has 0 saturated carbocycles. The van der Waals surface area contributed by atoms with Gasteiger partial charge in [-0.25, -0.2) is 9.59 Å². The van der Waals surface area contributed by atoms with E-state index in [1.165, 1.54) is 4.90 Å². The summed E-state index contributed by atoms with van der Waals surface area (Å²) in [6.07, 6.45) is 0.210. The average Bonchev–Trinajstić information content (AvgIpc) is 3.53. The van der Waals surface area contributed by atoms with Crippen LogP contribution in [0.5, 0.6) is 0 Å². The van der Waals surface area contributed by atoms with Crippen LogP contribution in [0.15, 0.2) is 78.9 Å². The minimum atomic E-state index is -1.14. The van der Waals surface area contributed by atoms with Crippen LogP contribution in [-0.2, 0) is 20.9 Å². The quantitative estimate of drug-likeness (QED) is 0.448. The number of carboxylic acid groups (broad SMARTS) is 1. The molecule has 0 radical (unpaired) electrons. The van der Waals surface area contributed by atoms with Gasteiger partial charge in [0.25, 0.3) is 0 Å². The number of likely N-dealkylation sites (tertiary alicyclic amines) is 1. The Morgan fingerprint density at radius 3 is 2.16 bits per heavy atom. The number of hydrogen-bond donors (Lipinski definition) is 1. The van der Waals surface area contributed by atoms with E-state index in [0.717, 1.165) is 34.2 Å². The second kappa shape index (κ2) is 11.4. The zero-order valence-electron chi connectivity index (χ0n) is 21.0. The second-order valence-electron chi connectivity index (χ2n) is 9.61. The summed E-state index contributed by atoms with van der Waals surface area (Å²) in [7, 11) is 0. The van der Waals surface area contributed by atoms with Crippen LogP contribution in [0.25, 0.3) is 11.1 Å². The Balaban J connectivity index is 1.23. The number of nitrogens with zero attached hydrogens (tertiary/aromatic N) is 2. The summed E-state index contributed by atoms with van der Waals surface area (Å²) in [5.74, 6) is -1.27. The van der Waals surface area contributed by atoms with Crippen molar-refractivity contribution in [3.8, 4) is 11.1 Å². The van der Waals surface area contributed by atoms with Crippen LogP contribution < -0.4 is 0 Å². The molecular weight excluding hydrogens is 484 g/mol. The third kappa shape index (κ3) is 5.49. The topological polar surface area (TPSA) is 96.4 Å². The van der Waals surface area contributed by atoms with E-state index in [0.29, 0.717) is 13.0 Å². The number of hydrogen-bond acceptors (Lipinski definition) is 5. The summed E-state index contributed by atoms with van der Waals surface area (Å²) in [6.45, 7) is 0.276. The molecule has 2 aliphatic rings. The predicted molar refractivity (Wildman–Crippen MR) is 141 cm³/mol. The Hall–Kier alpha value is -4.33. The molecule has 1 saturated heterocycles. The van der Waals surface area contributed by atoms with Gasteiger partial charge >= 0.3 is 18.2 Å². The number of carbonyl (C=O) groups is 3. The van der Waals surface area contributed by atoms with Crippen LogP contribution in [0.3, 0.4) is 0 Å². The maximum absolute atomic E-state index is 13.1. The summed E-state index contributed by atoms with van der Waals surface area (Å²) in [4.78, 5) is 40.3. The molecule has 2 amide bonds. The summed E-state index contributed by atoms with van der Waals surface area (Å²) in [6, 6.07) is 25.1. The first-order valence-electron chi connectivity index (χ1n) is 12.8. The van der Waals surface area contributed by atoms with E-state index in [9.17, 15) is 19.5 Å². The Morgan fingerprint density at radius 1 is 0.868 bits per heavy atom. The molecule has 0 spiro atoms. The number of rotatable bonds is 8.